The Morgan fingerprint density at radius 3 is 1.15 bits per heavy atom. The second-order valence-corrected chi connectivity index (χ2v) is 12.3. The lowest BCUT2D eigenvalue weighted by atomic mass is 9.88. The Morgan fingerprint density at radius 1 is 0.529 bits per heavy atom. The summed E-state index contributed by atoms with van der Waals surface area (Å²) in [6.45, 7) is 3.35. The lowest BCUT2D eigenvalue weighted by Crippen LogP contribution is -2.46. The van der Waals surface area contributed by atoms with Gasteiger partial charge in [-0.25, -0.2) is 0 Å². The SMILES string of the molecule is CCCCN=c1c(N(C2CCCCC2)C2CCCCC2)c1N(C1CCCCC1)C1CCCCC1. The summed E-state index contributed by atoms with van der Waals surface area (Å²) in [5.74, 6) is 0. The van der Waals surface area contributed by atoms with E-state index in [0.29, 0.717) is 0 Å². The Balaban J connectivity index is 1.51. The number of anilines is 2. The molecule has 192 valence electrons. The molecule has 0 bridgehead atoms. The van der Waals surface area contributed by atoms with E-state index in [1.807, 2.05) is 0 Å². The van der Waals surface area contributed by atoms with Crippen LogP contribution in [0.2, 0.25) is 0 Å². The van der Waals surface area contributed by atoms with Crippen LogP contribution in [-0.2, 0) is 0 Å². The summed E-state index contributed by atoms with van der Waals surface area (Å²) in [7, 11) is 0. The Bertz CT molecular complexity index is 644. The van der Waals surface area contributed by atoms with Crippen LogP contribution in [0, 0.1) is 0 Å². The van der Waals surface area contributed by atoms with E-state index in [-0.39, 0.29) is 0 Å². The molecule has 0 amide bonds. The average Bonchev–Trinajstić information content (AvgIpc) is 3.59. The maximum Gasteiger partial charge on any atom is 0.109 e. The number of rotatable bonds is 9. The summed E-state index contributed by atoms with van der Waals surface area (Å²) < 4.78 is 0. The molecular formula is C31H53N3. The van der Waals surface area contributed by atoms with Crippen molar-refractivity contribution in [2.24, 2.45) is 4.99 Å². The molecule has 4 fully saturated rings. The second-order valence-electron chi connectivity index (χ2n) is 12.3. The molecule has 4 aliphatic carbocycles. The van der Waals surface area contributed by atoms with Crippen molar-refractivity contribution in [2.45, 2.75) is 172 Å². The molecule has 3 nitrogen and oxygen atoms in total. The highest BCUT2D eigenvalue weighted by molar-refractivity contribution is 5.86. The lowest BCUT2D eigenvalue weighted by molar-refractivity contribution is 0.335. The number of hydrogen-bond donors (Lipinski definition) is 0. The van der Waals surface area contributed by atoms with Crippen molar-refractivity contribution in [3.8, 4) is 0 Å². The first kappa shape index (κ1) is 24.7. The zero-order chi connectivity index (χ0) is 23.2. The van der Waals surface area contributed by atoms with Gasteiger partial charge in [0.05, 0.1) is 11.4 Å². The van der Waals surface area contributed by atoms with Gasteiger partial charge in [-0.15, -0.1) is 0 Å². The first-order chi connectivity index (χ1) is 16.9. The molecule has 0 radical (unpaired) electrons. The van der Waals surface area contributed by atoms with Crippen molar-refractivity contribution in [2.75, 3.05) is 16.3 Å². The van der Waals surface area contributed by atoms with Crippen LogP contribution in [0.15, 0.2) is 4.99 Å². The highest BCUT2D eigenvalue weighted by Gasteiger charge is 2.42. The molecule has 0 aliphatic heterocycles. The van der Waals surface area contributed by atoms with Gasteiger partial charge >= 0.3 is 0 Å². The molecule has 0 N–H and O–H groups in total. The van der Waals surface area contributed by atoms with Gasteiger partial charge in [0.25, 0.3) is 0 Å². The van der Waals surface area contributed by atoms with Gasteiger partial charge in [-0.3, -0.25) is 4.99 Å². The highest BCUT2D eigenvalue weighted by atomic mass is 15.3. The third-order valence-corrected chi connectivity index (χ3v) is 9.78. The monoisotopic (exact) mass is 467 g/mol. The summed E-state index contributed by atoms with van der Waals surface area (Å²) >= 11 is 0. The molecular weight excluding hydrogens is 414 g/mol. The van der Waals surface area contributed by atoms with Crippen LogP contribution in [-0.4, -0.2) is 30.7 Å². The van der Waals surface area contributed by atoms with E-state index in [0.717, 1.165) is 30.7 Å². The Labute approximate surface area is 210 Å². The van der Waals surface area contributed by atoms with Crippen LogP contribution >= 0.6 is 0 Å². The maximum atomic E-state index is 5.37. The van der Waals surface area contributed by atoms with Crippen LogP contribution < -0.4 is 15.2 Å². The maximum absolute atomic E-state index is 5.37. The van der Waals surface area contributed by atoms with Crippen LogP contribution in [0.5, 0.6) is 0 Å². The zero-order valence-electron chi connectivity index (χ0n) is 22.4. The smallest absolute Gasteiger partial charge is 0.109 e. The van der Waals surface area contributed by atoms with Crippen molar-refractivity contribution >= 4 is 11.4 Å². The van der Waals surface area contributed by atoms with Crippen LogP contribution in [0.1, 0.15) is 148 Å². The van der Waals surface area contributed by atoms with Crippen molar-refractivity contribution in [1.82, 2.24) is 0 Å². The molecule has 1 aromatic carbocycles. The molecule has 0 heterocycles. The summed E-state index contributed by atoms with van der Waals surface area (Å²) in [5.41, 5.74) is 3.32. The zero-order valence-corrected chi connectivity index (χ0v) is 22.4. The molecule has 0 saturated heterocycles. The van der Waals surface area contributed by atoms with E-state index in [1.165, 1.54) is 147 Å². The molecule has 0 atom stereocenters. The van der Waals surface area contributed by atoms with Crippen LogP contribution in [0.4, 0.5) is 11.4 Å². The molecule has 0 aromatic heterocycles. The quantitative estimate of drug-likeness (QED) is 0.341. The van der Waals surface area contributed by atoms with Crippen LogP contribution in [0.3, 0.4) is 0 Å². The predicted octanol–water partition coefficient (Wildman–Crippen LogP) is 8.21. The molecule has 4 aliphatic rings. The van der Waals surface area contributed by atoms with Gasteiger partial charge in [-0.2, -0.15) is 0 Å². The summed E-state index contributed by atoms with van der Waals surface area (Å²) in [4.78, 5) is 11.4. The van der Waals surface area contributed by atoms with Gasteiger partial charge in [0.2, 0.25) is 0 Å². The highest BCUT2D eigenvalue weighted by Crippen LogP contribution is 2.45. The standard InChI is InChI=1S/C31H53N3/c1-2-3-24-32-29-30(33(25-16-8-4-9-17-25)26-18-10-5-11-19-26)31(29)34(27-20-12-6-13-21-27)28-22-14-7-15-23-28/h25-28H,2-24H2,1H3. The fourth-order valence-electron chi connectivity index (χ4n) is 7.91. The van der Waals surface area contributed by atoms with Gasteiger partial charge in [0, 0.05) is 30.7 Å². The fourth-order valence-corrected chi connectivity index (χ4v) is 7.91. The fraction of sp³-hybridized carbons (Fsp3) is 0.903. The van der Waals surface area contributed by atoms with E-state index < -0.39 is 0 Å². The van der Waals surface area contributed by atoms with E-state index in [4.69, 9.17) is 4.99 Å². The number of nitrogens with zero attached hydrogens (tertiary/aromatic N) is 3. The van der Waals surface area contributed by atoms with E-state index in [2.05, 4.69) is 16.7 Å². The molecule has 0 unspecified atom stereocenters. The van der Waals surface area contributed by atoms with Crippen molar-refractivity contribution < 1.29 is 0 Å². The first-order valence-corrected chi connectivity index (χ1v) is 15.7. The minimum atomic E-state index is 0.778. The molecule has 0 spiro atoms. The number of hydrogen-bond acceptors (Lipinski definition) is 3. The first-order valence-electron chi connectivity index (χ1n) is 15.7. The third-order valence-electron chi connectivity index (χ3n) is 9.78. The Morgan fingerprint density at radius 2 is 0.853 bits per heavy atom. The largest absolute Gasteiger partial charge is 0.362 e. The normalized spacial score (nSPS) is 24.5. The molecule has 4 saturated carbocycles. The topological polar surface area (TPSA) is 18.8 Å². The molecule has 5 rings (SSSR count). The van der Waals surface area contributed by atoms with Gasteiger partial charge in [0.1, 0.15) is 5.36 Å². The number of unbranched alkanes of at least 4 members (excludes halogenated alkanes) is 1. The van der Waals surface area contributed by atoms with Gasteiger partial charge in [-0.1, -0.05) is 90.4 Å². The third kappa shape index (κ3) is 5.70. The van der Waals surface area contributed by atoms with Crippen LogP contribution in [0.25, 0.3) is 0 Å². The summed E-state index contributed by atoms with van der Waals surface area (Å²) in [6.07, 6.45) is 31.2. The molecule has 3 heteroatoms. The molecule has 34 heavy (non-hydrogen) atoms. The van der Waals surface area contributed by atoms with Crippen molar-refractivity contribution in [3.05, 3.63) is 5.36 Å². The molecule has 1 aromatic rings. The van der Waals surface area contributed by atoms with Gasteiger partial charge < -0.3 is 9.80 Å². The Kier molecular flexibility index (Phi) is 8.94. The average molecular weight is 468 g/mol. The van der Waals surface area contributed by atoms with E-state index in [1.54, 1.807) is 11.4 Å². The minimum absolute atomic E-state index is 0.778. The van der Waals surface area contributed by atoms with Gasteiger partial charge in [0.15, 0.2) is 0 Å². The lowest BCUT2D eigenvalue weighted by Gasteiger charge is -2.44. The summed E-state index contributed by atoms with van der Waals surface area (Å²) in [5, 5.41) is 1.47. The van der Waals surface area contributed by atoms with E-state index >= 15 is 0 Å². The van der Waals surface area contributed by atoms with Crippen molar-refractivity contribution in [3.63, 3.8) is 0 Å². The minimum Gasteiger partial charge on any atom is -0.362 e. The predicted molar refractivity (Wildman–Crippen MR) is 147 cm³/mol. The Hall–Kier alpha value is -0.990. The van der Waals surface area contributed by atoms with Crippen molar-refractivity contribution in [1.29, 1.82) is 0 Å². The van der Waals surface area contributed by atoms with E-state index in [9.17, 15) is 0 Å². The van der Waals surface area contributed by atoms with Gasteiger partial charge in [-0.05, 0) is 57.8 Å². The summed E-state index contributed by atoms with van der Waals surface area (Å²) in [6, 6.07) is 3.11. The second kappa shape index (κ2) is 12.3.